The van der Waals surface area contributed by atoms with Gasteiger partial charge in [0, 0.05) is 19.4 Å². The molecular weight excluding hydrogens is 270 g/mol. The normalized spacial score (nSPS) is 11.4. The van der Waals surface area contributed by atoms with Gasteiger partial charge in [-0.05, 0) is 13.0 Å². The molecule has 3 heterocycles. The molecule has 0 N–H and O–H groups in total. The van der Waals surface area contributed by atoms with Crippen LogP contribution >= 0.6 is 0 Å². The van der Waals surface area contributed by atoms with Crippen molar-refractivity contribution in [1.82, 2.24) is 29.8 Å². The molecule has 0 fully saturated rings. The molecule has 3 aromatic rings. The summed E-state index contributed by atoms with van der Waals surface area (Å²) < 4.78 is 33.0. The number of aromatic nitrogens is 6. The van der Waals surface area contributed by atoms with Crippen LogP contribution in [0.2, 0.25) is 0 Å². The highest BCUT2D eigenvalue weighted by Crippen LogP contribution is 2.27. The van der Waals surface area contributed by atoms with E-state index >= 15 is 0 Å². The molecule has 9 heteroatoms. The van der Waals surface area contributed by atoms with E-state index in [4.69, 9.17) is 4.42 Å². The number of halogens is 2. The van der Waals surface area contributed by atoms with Crippen LogP contribution in [0.1, 0.15) is 12.2 Å². The molecule has 20 heavy (non-hydrogen) atoms. The van der Waals surface area contributed by atoms with E-state index in [9.17, 15) is 8.78 Å². The third kappa shape index (κ3) is 1.96. The topological polar surface area (TPSA) is 74.6 Å². The number of hydrogen-bond acceptors (Lipinski definition) is 5. The molecule has 0 bridgehead atoms. The molecule has 0 aromatic carbocycles. The maximum atomic E-state index is 12.7. The Morgan fingerprint density at radius 1 is 1.25 bits per heavy atom. The van der Waals surface area contributed by atoms with Gasteiger partial charge < -0.3 is 4.42 Å². The SMILES string of the molecule is Cc1nn(C)cc1-c1nnc(-c2ccnn2C(F)F)o1. The van der Waals surface area contributed by atoms with Gasteiger partial charge in [-0.2, -0.15) is 23.7 Å². The smallest absolute Gasteiger partial charge is 0.333 e. The minimum Gasteiger partial charge on any atom is -0.414 e. The van der Waals surface area contributed by atoms with Crippen molar-refractivity contribution < 1.29 is 13.2 Å². The first-order chi connectivity index (χ1) is 9.56. The fraction of sp³-hybridized carbons (Fsp3) is 0.273. The van der Waals surface area contributed by atoms with Gasteiger partial charge >= 0.3 is 6.55 Å². The zero-order valence-electron chi connectivity index (χ0n) is 10.7. The second-order valence-corrected chi connectivity index (χ2v) is 4.15. The van der Waals surface area contributed by atoms with Crippen LogP contribution in [0.25, 0.3) is 23.0 Å². The monoisotopic (exact) mass is 280 g/mol. The van der Waals surface area contributed by atoms with Gasteiger partial charge in [0.1, 0.15) is 5.69 Å². The van der Waals surface area contributed by atoms with E-state index in [1.54, 1.807) is 24.9 Å². The highest BCUT2D eigenvalue weighted by Gasteiger charge is 2.20. The van der Waals surface area contributed by atoms with Crippen LogP contribution < -0.4 is 0 Å². The second kappa shape index (κ2) is 4.51. The van der Waals surface area contributed by atoms with Crippen LogP contribution in [0.4, 0.5) is 8.78 Å². The third-order valence-electron chi connectivity index (χ3n) is 2.74. The van der Waals surface area contributed by atoms with Crippen molar-refractivity contribution in [2.24, 2.45) is 7.05 Å². The molecule has 3 rings (SSSR count). The summed E-state index contributed by atoms with van der Waals surface area (Å²) in [4.78, 5) is 0. The molecule has 0 spiro atoms. The Balaban J connectivity index is 2.02. The molecule has 3 aromatic heterocycles. The maximum absolute atomic E-state index is 12.7. The minimum atomic E-state index is -2.77. The minimum absolute atomic E-state index is 0.0129. The van der Waals surface area contributed by atoms with E-state index in [0.717, 1.165) is 0 Å². The lowest BCUT2D eigenvalue weighted by molar-refractivity contribution is 0.0580. The summed E-state index contributed by atoms with van der Waals surface area (Å²) >= 11 is 0. The summed E-state index contributed by atoms with van der Waals surface area (Å²) in [7, 11) is 1.76. The molecule has 7 nitrogen and oxygen atoms in total. The predicted octanol–water partition coefficient (Wildman–Crippen LogP) is 2.04. The highest BCUT2D eigenvalue weighted by atomic mass is 19.3. The van der Waals surface area contributed by atoms with Gasteiger partial charge in [-0.3, -0.25) is 4.68 Å². The number of aryl methyl sites for hydroxylation is 2. The van der Waals surface area contributed by atoms with E-state index in [1.165, 1.54) is 12.3 Å². The van der Waals surface area contributed by atoms with Gasteiger partial charge in [-0.1, -0.05) is 0 Å². The van der Waals surface area contributed by atoms with Gasteiger partial charge in [0.15, 0.2) is 0 Å². The van der Waals surface area contributed by atoms with E-state index in [0.29, 0.717) is 15.9 Å². The van der Waals surface area contributed by atoms with Crippen molar-refractivity contribution in [2.75, 3.05) is 0 Å². The van der Waals surface area contributed by atoms with Gasteiger partial charge in [-0.15, -0.1) is 10.2 Å². The van der Waals surface area contributed by atoms with Gasteiger partial charge in [0.25, 0.3) is 11.8 Å². The van der Waals surface area contributed by atoms with Gasteiger partial charge in [-0.25, -0.2) is 0 Å². The average Bonchev–Trinajstić information content (AvgIpc) is 3.07. The first kappa shape index (κ1) is 12.5. The summed E-state index contributed by atoms with van der Waals surface area (Å²) in [5.74, 6) is 0.216. The zero-order valence-corrected chi connectivity index (χ0v) is 10.7. The summed E-state index contributed by atoms with van der Waals surface area (Å²) in [6.07, 6.45) is 2.97. The van der Waals surface area contributed by atoms with Gasteiger partial charge in [0.2, 0.25) is 0 Å². The molecule has 0 aliphatic carbocycles. The Morgan fingerprint density at radius 2 is 2.00 bits per heavy atom. The Morgan fingerprint density at radius 3 is 2.65 bits per heavy atom. The largest absolute Gasteiger partial charge is 0.414 e. The molecule has 0 aliphatic heterocycles. The third-order valence-corrected chi connectivity index (χ3v) is 2.74. The number of nitrogens with zero attached hydrogens (tertiary/aromatic N) is 6. The van der Waals surface area contributed by atoms with Crippen LogP contribution in [0.15, 0.2) is 22.9 Å². The van der Waals surface area contributed by atoms with Crippen molar-refractivity contribution in [2.45, 2.75) is 13.5 Å². The van der Waals surface area contributed by atoms with E-state index < -0.39 is 6.55 Å². The average molecular weight is 280 g/mol. The van der Waals surface area contributed by atoms with Crippen molar-refractivity contribution in [1.29, 1.82) is 0 Å². The second-order valence-electron chi connectivity index (χ2n) is 4.15. The Hall–Kier alpha value is -2.58. The summed E-state index contributed by atoms with van der Waals surface area (Å²) in [5.41, 5.74) is 1.44. The van der Waals surface area contributed by atoms with Crippen molar-refractivity contribution in [3.05, 3.63) is 24.2 Å². The summed E-state index contributed by atoms with van der Waals surface area (Å²) in [5, 5.41) is 15.3. The van der Waals surface area contributed by atoms with Crippen LogP contribution in [0.5, 0.6) is 0 Å². The Labute approximate surface area is 111 Å². The number of alkyl halides is 2. The molecule has 0 aliphatic rings. The van der Waals surface area contributed by atoms with E-state index in [2.05, 4.69) is 20.4 Å². The highest BCUT2D eigenvalue weighted by molar-refractivity contribution is 5.57. The fourth-order valence-corrected chi connectivity index (χ4v) is 1.88. The van der Waals surface area contributed by atoms with Crippen molar-refractivity contribution in [3.63, 3.8) is 0 Å². The van der Waals surface area contributed by atoms with E-state index in [1.807, 2.05) is 0 Å². The molecular formula is C11H10F2N6O. The first-order valence-electron chi connectivity index (χ1n) is 5.72. The predicted molar refractivity (Wildman–Crippen MR) is 63.7 cm³/mol. The molecule has 0 amide bonds. The molecule has 0 saturated heterocycles. The lowest BCUT2D eigenvalue weighted by Crippen LogP contribution is -2.02. The quantitative estimate of drug-likeness (QED) is 0.734. The molecule has 0 unspecified atom stereocenters. The van der Waals surface area contributed by atoms with Crippen molar-refractivity contribution >= 4 is 0 Å². The van der Waals surface area contributed by atoms with Gasteiger partial charge in [0.05, 0.1) is 11.3 Å². The Bertz CT molecular complexity index is 744. The fourth-order valence-electron chi connectivity index (χ4n) is 1.88. The number of rotatable bonds is 3. The zero-order chi connectivity index (χ0) is 14.3. The number of hydrogen-bond donors (Lipinski definition) is 0. The lowest BCUT2D eigenvalue weighted by atomic mass is 10.3. The molecule has 0 atom stereocenters. The van der Waals surface area contributed by atoms with Crippen LogP contribution in [-0.2, 0) is 7.05 Å². The Kier molecular flexibility index (Phi) is 2.81. The van der Waals surface area contributed by atoms with Crippen LogP contribution in [0.3, 0.4) is 0 Å². The standard InChI is InChI=1S/C11H10F2N6O/c1-6-7(5-18(2)17-6)9-15-16-10(20-9)8-3-4-14-19(8)11(12)13/h3-5,11H,1-2H3. The molecule has 0 saturated carbocycles. The molecule has 104 valence electrons. The van der Waals surface area contributed by atoms with Crippen LogP contribution in [-0.4, -0.2) is 29.8 Å². The van der Waals surface area contributed by atoms with E-state index in [-0.39, 0.29) is 17.5 Å². The lowest BCUT2D eigenvalue weighted by Gasteiger charge is -2.01. The maximum Gasteiger partial charge on any atom is 0.333 e. The van der Waals surface area contributed by atoms with Crippen LogP contribution in [0, 0.1) is 6.92 Å². The summed E-state index contributed by atoms with van der Waals surface area (Å²) in [6, 6.07) is 1.39. The summed E-state index contributed by atoms with van der Waals surface area (Å²) in [6.45, 7) is -0.974. The molecule has 0 radical (unpaired) electrons. The van der Waals surface area contributed by atoms with Crippen molar-refractivity contribution in [3.8, 4) is 23.0 Å². The first-order valence-corrected chi connectivity index (χ1v) is 5.72.